The second-order valence-electron chi connectivity index (χ2n) is 3.84. The van der Waals surface area contributed by atoms with Gasteiger partial charge in [0.15, 0.2) is 0 Å². The molecule has 0 atom stereocenters. The van der Waals surface area contributed by atoms with E-state index in [0.717, 1.165) is 10.9 Å². The number of nitrogens with one attached hydrogen (secondary N) is 2. The van der Waals surface area contributed by atoms with Gasteiger partial charge in [0, 0.05) is 22.8 Å². The van der Waals surface area contributed by atoms with Crippen molar-refractivity contribution in [2.75, 3.05) is 5.32 Å². The summed E-state index contributed by atoms with van der Waals surface area (Å²) in [6, 6.07) is 9.09. The van der Waals surface area contributed by atoms with E-state index in [2.05, 4.69) is 10.3 Å². The van der Waals surface area contributed by atoms with E-state index in [1.807, 2.05) is 30.5 Å². The van der Waals surface area contributed by atoms with Crippen LogP contribution in [0.15, 0.2) is 47.2 Å². The lowest BCUT2D eigenvalue weighted by atomic mass is 10.2. The van der Waals surface area contributed by atoms with Crippen LogP contribution >= 0.6 is 11.6 Å². The first kappa shape index (κ1) is 10.9. The van der Waals surface area contributed by atoms with Gasteiger partial charge in [-0.2, -0.15) is 0 Å². The lowest BCUT2D eigenvalue weighted by Crippen LogP contribution is -2.11. The molecule has 0 saturated heterocycles. The van der Waals surface area contributed by atoms with Gasteiger partial charge in [-0.05, 0) is 41.9 Å². The van der Waals surface area contributed by atoms with Crippen molar-refractivity contribution in [2.45, 2.75) is 0 Å². The summed E-state index contributed by atoms with van der Waals surface area (Å²) in [6.07, 6.45) is 3.23. The summed E-state index contributed by atoms with van der Waals surface area (Å²) in [5.41, 5.74) is 2.06. The van der Waals surface area contributed by atoms with Crippen LogP contribution in [-0.4, -0.2) is 10.9 Å². The van der Waals surface area contributed by atoms with Crippen LogP contribution in [0, 0.1) is 0 Å². The van der Waals surface area contributed by atoms with E-state index in [9.17, 15) is 4.79 Å². The fourth-order valence-electron chi connectivity index (χ4n) is 1.79. The number of carbonyl (C=O) groups excluding carboxylic acids is 1. The summed E-state index contributed by atoms with van der Waals surface area (Å²) >= 11 is 5.75. The van der Waals surface area contributed by atoms with E-state index in [-0.39, 0.29) is 11.1 Å². The van der Waals surface area contributed by atoms with Crippen molar-refractivity contribution in [3.05, 3.63) is 53.6 Å². The van der Waals surface area contributed by atoms with Crippen molar-refractivity contribution in [3.8, 4) is 0 Å². The SMILES string of the molecule is O=C(Nc1ccc2[nH]ccc2c1)c1ccoc1Cl. The Balaban J connectivity index is 1.88. The third-order valence-electron chi connectivity index (χ3n) is 2.67. The van der Waals surface area contributed by atoms with E-state index in [1.165, 1.54) is 12.3 Å². The monoisotopic (exact) mass is 260 g/mol. The zero-order chi connectivity index (χ0) is 12.5. The third kappa shape index (κ3) is 1.87. The first-order valence-corrected chi connectivity index (χ1v) is 5.73. The average molecular weight is 261 g/mol. The molecule has 0 spiro atoms. The van der Waals surface area contributed by atoms with Gasteiger partial charge in [0.1, 0.15) is 0 Å². The number of benzene rings is 1. The number of rotatable bonds is 2. The third-order valence-corrected chi connectivity index (χ3v) is 2.97. The predicted octanol–water partition coefficient (Wildman–Crippen LogP) is 3.67. The first-order valence-electron chi connectivity index (χ1n) is 5.35. The van der Waals surface area contributed by atoms with Crippen molar-refractivity contribution in [3.63, 3.8) is 0 Å². The number of aromatic amines is 1. The fourth-order valence-corrected chi connectivity index (χ4v) is 1.99. The van der Waals surface area contributed by atoms with Gasteiger partial charge in [0.25, 0.3) is 5.91 Å². The number of hydrogen-bond acceptors (Lipinski definition) is 2. The number of furan rings is 1. The highest BCUT2D eigenvalue weighted by Crippen LogP contribution is 2.21. The number of hydrogen-bond donors (Lipinski definition) is 2. The molecule has 1 aromatic carbocycles. The minimum absolute atomic E-state index is 0.0928. The van der Waals surface area contributed by atoms with Gasteiger partial charge >= 0.3 is 0 Å². The van der Waals surface area contributed by atoms with Gasteiger partial charge in [-0.3, -0.25) is 4.79 Å². The van der Waals surface area contributed by atoms with Crippen molar-refractivity contribution in [2.24, 2.45) is 0 Å². The highest BCUT2D eigenvalue weighted by atomic mass is 35.5. The standard InChI is InChI=1S/C13H9ClN2O2/c14-12-10(4-6-18-12)13(17)16-9-1-2-11-8(7-9)3-5-15-11/h1-7,15H,(H,16,17). The van der Waals surface area contributed by atoms with Crippen LogP contribution in [0.4, 0.5) is 5.69 Å². The second-order valence-corrected chi connectivity index (χ2v) is 4.19. The van der Waals surface area contributed by atoms with Crippen molar-refractivity contribution in [1.29, 1.82) is 0 Å². The molecule has 3 rings (SSSR count). The molecule has 0 aliphatic heterocycles. The number of aromatic nitrogens is 1. The number of carbonyl (C=O) groups is 1. The Morgan fingerprint density at radius 2 is 2.17 bits per heavy atom. The highest BCUT2D eigenvalue weighted by Gasteiger charge is 2.13. The van der Waals surface area contributed by atoms with Crippen LogP contribution in [0.25, 0.3) is 10.9 Å². The smallest absolute Gasteiger partial charge is 0.260 e. The lowest BCUT2D eigenvalue weighted by molar-refractivity contribution is 0.102. The molecule has 4 nitrogen and oxygen atoms in total. The summed E-state index contributed by atoms with van der Waals surface area (Å²) < 4.78 is 4.88. The molecule has 90 valence electrons. The number of H-pyrrole nitrogens is 1. The van der Waals surface area contributed by atoms with E-state index in [4.69, 9.17) is 16.0 Å². The minimum Gasteiger partial charge on any atom is -0.452 e. The molecule has 2 heterocycles. The molecule has 0 bridgehead atoms. The van der Waals surface area contributed by atoms with Crippen molar-refractivity contribution in [1.82, 2.24) is 4.98 Å². The quantitative estimate of drug-likeness (QED) is 0.739. The maximum absolute atomic E-state index is 11.9. The second kappa shape index (κ2) is 4.23. The van der Waals surface area contributed by atoms with Crippen molar-refractivity contribution >= 4 is 34.1 Å². The van der Waals surface area contributed by atoms with E-state index >= 15 is 0 Å². The topological polar surface area (TPSA) is 58.0 Å². The van der Waals surface area contributed by atoms with Crippen LogP contribution in [0.1, 0.15) is 10.4 Å². The fraction of sp³-hybridized carbons (Fsp3) is 0. The molecule has 18 heavy (non-hydrogen) atoms. The Hall–Kier alpha value is -2.20. The summed E-state index contributed by atoms with van der Waals surface area (Å²) in [4.78, 5) is 15.0. The normalized spacial score (nSPS) is 10.7. The van der Waals surface area contributed by atoms with Gasteiger partial charge in [-0.15, -0.1) is 0 Å². The first-order chi connectivity index (χ1) is 8.74. The number of halogens is 1. The Morgan fingerprint density at radius 1 is 1.28 bits per heavy atom. The summed E-state index contributed by atoms with van der Waals surface area (Å²) in [5, 5.41) is 3.90. The maximum Gasteiger partial charge on any atom is 0.260 e. The molecule has 0 unspecified atom stereocenters. The van der Waals surface area contributed by atoms with Gasteiger partial charge < -0.3 is 14.7 Å². The molecule has 0 aliphatic carbocycles. The Bertz CT molecular complexity index is 714. The molecular formula is C13H9ClN2O2. The summed E-state index contributed by atoms with van der Waals surface area (Å²) in [5.74, 6) is -0.288. The zero-order valence-corrected chi connectivity index (χ0v) is 9.99. The lowest BCUT2D eigenvalue weighted by Gasteiger charge is -2.03. The molecule has 3 aromatic rings. The molecule has 0 saturated carbocycles. The summed E-state index contributed by atoms with van der Waals surface area (Å²) in [7, 11) is 0. The average Bonchev–Trinajstić information content (AvgIpc) is 2.96. The number of fused-ring (bicyclic) bond motifs is 1. The van der Waals surface area contributed by atoms with Crippen LogP contribution in [0.5, 0.6) is 0 Å². The van der Waals surface area contributed by atoms with Gasteiger partial charge in [-0.1, -0.05) is 0 Å². The van der Waals surface area contributed by atoms with Gasteiger partial charge in [0.2, 0.25) is 5.22 Å². The molecule has 2 aromatic heterocycles. The Labute approximate surface area is 108 Å². The molecule has 0 fully saturated rings. The molecule has 0 aliphatic rings. The molecular weight excluding hydrogens is 252 g/mol. The van der Waals surface area contributed by atoms with Crippen molar-refractivity contribution < 1.29 is 9.21 Å². The minimum atomic E-state index is -0.288. The van der Waals surface area contributed by atoms with Crippen LogP contribution in [-0.2, 0) is 0 Å². The highest BCUT2D eigenvalue weighted by molar-refractivity contribution is 6.32. The molecule has 1 amide bonds. The molecule has 5 heteroatoms. The largest absolute Gasteiger partial charge is 0.452 e. The van der Waals surface area contributed by atoms with Crippen LogP contribution in [0.3, 0.4) is 0 Å². The van der Waals surface area contributed by atoms with E-state index < -0.39 is 0 Å². The zero-order valence-electron chi connectivity index (χ0n) is 9.24. The van der Waals surface area contributed by atoms with E-state index in [1.54, 1.807) is 0 Å². The predicted molar refractivity (Wildman–Crippen MR) is 70.0 cm³/mol. The Morgan fingerprint density at radius 3 is 2.94 bits per heavy atom. The van der Waals surface area contributed by atoms with Gasteiger partial charge in [-0.25, -0.2) is 0 Å². The molecule has 0 radical (unpaired) electrons. The number of amides is 1. The summed E-state index contributed by atoms with van der Waals surface area (Å²) in [6.45, 7) is 0. The van der Waals surface area contributed by atoms with Crippen LogP contribution in [0.2, 0.25) is 5.22 Å². The van der Waals surface area contributed by atoms with Gasteiger partial charge in [0.05, 0.1) is 11.8 Å². The molecule has 2 N–H and O–H groups in total. The van der Waals surface area contributed by atoms with E-state index in [0.29, 0.717) is 11.3 Å². The number of anilines is 1. The maximum atomic E-state index is 11.9. The Kier molecular flexibility index (Phi) is 2.57. The van der Waals surface area contributed by atoms with Crippen LogP contribution < -0.4 is 5.32 Å².